The molecular weight excluding hydrogens is 458 g/mol. The van der Waals surface area contributed by atoms with Crippen LogP contribution in [0, 0.1) is 0 Å². The second-order valence-corrected chi connectivity index (χ2v) is 10.5. The number of para-hydroxylation sites is 1. The van der Waals surface area contributed by atoms with Crippen molar-refractivity contribution in [1.29, 1.82) is 0 Å². The van der Waals surface area contributed by atoms with Crippen LogP contribution in [0.3, 0.4) is 0 Å². The lowest BCUT2D eigenvalue weighted by atomic mass is 10.2. The van der Waals surface area contributed by atoms with Crippen LogP contribution < -0.4 is 5.32 Å². The first-order chi connectivity index (χ1) is 16.0. The Morgan fingerprint density at radius 3 is 2.58 bits per heavy atom. The minimum atomic E-state index is -3.68. The first kappa shape index (κ1) is 21.7. The Morgan fingerprint density at radius 2 is 1.76 bits per heavy atom. The van der Waals surface area contributed by atoms with E-state index in [0.717, 1.165) is 20.8 Å². The molecule has 0 aliphatic carbocycles. The van der Waals surface area contributed by atoms with Crippen LogP contribution in [0.4, 0.5) is 5.69 Å². The molecule has 0 radical (unpaired) electrons. The minimum Gasteiger partial charge on any atom is -0.379 e. The second kappa shape index (κ2) is 9.03. The highest BCUT2D eigenvalue weighted by atomic mass is 32.2. The number of morpholine rings is 1. The molecule has 1 N–H and O–H groups in total. The molecule has 0 spiro atoms. The van der Waals surface area contributed by atoms with E-state index in [4.69, 9.17) is 4.74 Å². The lowest BCUT2D eigenvalue weighted by Gasteiger charge is -2.26. The molecule has 0 atom stereocenters. The first-order valence-corrected chi connectivity index (χ1v) is 12.7. The average molecular weight is 480 g/mol. The molecule has 4 aromatic rings. The van der Waals surface area contributed by atoms with E-state index in [1.54, 1.807) is 29.5 Å². The Hall–Kier alpha value is -3.11. The number of carbonyl (C=O) groups excluding carboxylic acids is 1. The molecule has 0 bridgehead atoms. The van der Waals surface area contributed by atoms with Crippen molar-refractivity contribution in [3.05, 3.63) is 78.4 Å². The Labute approximate surface area is 195 Å². The largest absolute Gasteiger partial charge is 0.379 e. The molecular formula is C24H21N3O4S2. The van der Waals surface area contributed by atoms with Crippen LogP contribution in [-0.2, 0) is 14.8 Å². The summed E-state index contributed by atoms with van der Waals surface area (Å²) >= 11 is 1.59. The van der Waals surface area contributed by atoms with E-state index in [1.165, 1.54) is 16.4 Å². The monoisotopic (exact) mass is 479 g/mol. The van der Waals surface area contributed by atoms with Gasteiger partial charge in [-0.2, -0.15) is 4.31 Å². The molecule has 9 heteroatoms. The fraction of sp³-hybridized carbons (Fsp3) is 0.167. The molecule has 1 amide bonds. The maximum atomic E-state index is 12.9. The van der Waals surface area contributed by atoms with Gasteiger partial charge in [0.25, 0.3) is 5.91 Å². The average Bonchev–Trinajstić information content (AvgIpc) is 3.29. The van der Waals surface area contributed by atoms with Gasteiger partial charge in [0.15, 0.2) is 0 Å². The third-order valence-corrected chi connectivity index (χ3v) is 8.35. The van der Waals surface area contributed by atoms with E-state index in [0.29, 0.717) is 32.0 Å². The summed E-state index contributed by atoms with van der Waals surface area (Å²) in [6.45, 7) is 1.34. The van der Waals surface area contributed by atoms with Gasteiger partial charge in [-0.3, -0.25) is 4.79 Å². The second-order valence-electron chi connectivity index (χ2n) is 7.57. The van der Waals surface area contributed by atoms with Gasteiger partial charge in [-0.25, -0.2) is 13.4 Å². The number of nitrogens with one attached hydrogen (secondary N) is 1. The number of hydrogen-bond donors (Lipinski definition) is 1. The van der Waals surface area contributed by atoms with Gasteiger partial charge in [0.1, 0.15) is 5.01 Å². The summed E-state index contributed by atoms with van der Waals surface area (Å²) in [5.41, 5.74) is 2.72. The van der Waals surface area contributed by atoms with E-state index in [1.807, 2.05) is 42.5 Å². The number of sulfonamides is 1. The molecule has 0 saturated carbocycles. The molecule has 1 saturated heterocycles. The van der Waals surface area contributed by atoms with Crippen LogP contribution in [-0.4, -0.2) is 49.9 Å². The lowest BCUT2D eigenvalue weighted by molar-refractivity contribution is 0.0730. The standard InChI is InChI=1S/C24H21N3O4S2/c28-23(17-5-4-8-20(16-17)33(29,30)27-11-13-31-14-12-27)25-19-7-3-6-18(15-19)24-26-21-9-1-2-10-22(21)32-24/h1-10,15-16H,11-14H2,(H,25,28). The zero-order chi connectivity index (χ0) is 22.8. The number of hydrogen-bond acceptors (Lipinski definition) is 6. The number of ether oxygens (including phenoxy) is 1. The smallest absolute Gasteiger partial charge is 0.255 e. The van der Waals surface area contributed by atoms with Crippen LogP contribution in [0.5, 0.6) is 0 Å². The van der Waals surface area contributed by atoms with Crippen LogP contribution in [0.2, 0.25) is 0 Å². The van der Waals surface area contributed by atoms with E-state index in [9.17, 15) is 13.2 Å². The Kier molecular flexibility index (Phi) is 5.94. The molecule has 3 aromatic carbocycles. The van der Waals surface area contributed by atoms with E-state index in [-0.39, 0.29) is 16.4 Å². The first-order valence-electron chi connectivity index (χ1n) is 10.5. The van der Waals surface area contributed by atoms with Crippen molar-refractivity contribution >= 4 is 43.2 Å². The normalized spacial score (nSPS) is 14.9. The topological polar surface area (TPSA) is 88.6 Å². The van der Waals surface area contributed by atoms with Crippen molar-refractivity contribution in [2.75, 3.05) is 31.6 Å². The molecule has 1 aromatic heterocycles. The van der Waals surface area contributed by atoms with Crippen molar-refractivity contribution in [3.63, 3.8) is 0 Å². The highest BCUT2D eigenvalue weighted by Crippen LogP contribution is 2.31. The lowest BCUT2D eigenvalue weighted by Crippen LogP contribution is -2.40. The van der Waals surface area contributed by atoms with Gasteiger partial charge in [0.05, 0.1) is 28.3 Å². The summed E-state index contributed by atoms with van der Waals surface area (Å²) < 4.78 is 33.6. The van der Waals surface area contributed by atoms with Crippen LogP contribution in [0.15, 0.2) is 77.7 Å². The van der Waals surface area contributed by atoms with Crippen molar-refractivity contribution in [3.8, 4) is 10.6 Å². The molecule has 5 rings (SSSR count). The van der Waals surface area contributed by atoms with Crippen molar-refractivity contribution in [1.82, 2.24) is 9.29 Å². The van der Waals surface area contributed by atoms with Gasteiger partial charge >= 0.3 is 0 Å². The summed E-state index contributed by atoms with van der Waals surface area (Å²) in [5, 5.41) is 3.74. The molecule has 7 nitrogen and oxygen atoms in total. The number of aromatic nitrogens is 1. The number of carbonyl (C=O) groups is 1. The summed E-state index contributed by atoms with van der Waals surface area (Å²) in [6.07, 6.45) is 0. The molecule has 1 aliphatic heterocycles. The third-order valence-electron chi connectivity index (χ3n) is 5.37. The zero-order valence-electron chi connectivity index (χ0n) is 17.6. The molecule has 33 heavy (non-hydrogen) atoms. The van der Waals surface area contributed by atoms with Gasteiger partial charge in [-0.1, -0.05) is 30.3 Å². The number of anilines is 1. The predicted octanol–water partition coefficient (Wildman–Crippen LogP) is 4.24. The highest BCUT2D eigenvalue weighted by Gasteiger charge is 2.26. The fourth-order valence-corrected chi connectivity index (χ4v) is 6.08. The zero-order valence-corrected chi connectivity index (χ0v) is 19.2. The van der Waals surface area contributed by atoms with E-state index >= 15 is 0 Å². The number of benzene rings is 3. The van der Waals surface area contributed by atoms with Gasteiger partial charge in [0.2, 0.25) is 10.0 Å². The van der Waals surface area contributed by atoms with Gasteiger partial charge in [-0.15, -0.1) is 11.3 Å². The highest BCUT2D eigenvalue weighted by molar-refractivity contribution is 7.89. The fourth-order valence-electron chi connectivity index (χ4n) is 3.66. The summed E-state index contributed by atoms with van der Waals surface area (Å²) in [7, 11) is -3.68. The van der Waals surface area contributed by atoms with Crippen molar-refractivity contribution in [2.24, 2.45) is 0 Å². The summed E-state index contributed by atoms with van der Waals surface area (Å²) in [6, 6.07) is 21.5. The Morgan fingerprint density at radius 1 is 0.970 bits per heavy atom. The molecule has 1 fully saturated rings. The van der Waals surface area contributed by atoms with Crippen LogP contribution >= 0.6 is 11.3 Å². The van der Waals surface area contributed by atoms with E-state index in [2.05, 4.69) is 10.3 Å². The maximum Gasteiger partial charge on any atom is 0.255 e. The van der Waals surface area contributed by atoms with Crippen molar-refractivity contribution in [2.45, 2.75) is 4.90 Å². The molecule has 2 heterocycles. The predicted molar refractivity (Wildman–Crippen MR) is 129 cm³/mol. The summed E-state index contributed by atoms with van der Waals surface area (Å²) in [5.74, 6) is -0.379. The Balaban J connectivity index is 1.37. The number of thiazole rings is 1. The molecule has 0 unspecified atom stereocenters. The number of nitrogens with zero attached hydrogens (tertiary/aromatic N) is 2. The van der Waals surface area contributed by atoms with Crippen LogP contribution in [0.25, 0.3) is 20.8 Å². The van der Waals surface area contributed by atoms with Crippen LogP contribution in [0.1, 0.15) is 10.4 Å². The van der Waals surface area contributed by atoms with Gasteiger partial charge in [-0.05, 0) is 42.5 Å². The Bertz CT molecular complexity index is 1390. The SMILES string of the molecule is O=C(Nc1cccc(-c2nc3ccccc3s2)c1)c1cccc(S(=O)(=O)N2CCOCC2)c1. The quantitative estimate of drug-likeness (QED) is 0.463. The molecule has 168 valence electrons. The minimum absolute atomic E-state index is 0.0975. The number of fused-ring (bicyclic) bond motifs is 1. The summed E-state index contributed by atoms with van der Waals surface area (Å²) in [4.78, 5) is 17.7. The number of rotatable bonds is 5. The van der Waals surface area contributed by atoms with Gasteiger partial charge in [0, 0.05) is 29.9 Å². The van der Waals surface area contributed by atoms with Crippen molar-refractivity contribution < 1.29 is 17.9 Å². The maximum absolute atomic E-state index is 12.9. The van der Waals surface area contributed by atoms with Gasteiger partial charge < -0.3 is 10.1 Å². The third kappa shape index (κ3) is 4.53. The number of amides is 1. The molecule has 1 aliphatic rings. The van der Waals surface area contributed by atoms with E-state index < -0.39 is 10.0 Å².